The van der Waals surface area contributed by atoms with Crippen molar-refractivity contribution < 1.29 is 4.74 Å². The van der Waals surface area contributed by atoms with Crippen LogP contribution >= 0.6 is 22.2 Å². The quantitative estimate of drug-likeness (QED) is 0.417. The molecule has 1 aromatic rings. The van der Waals surface area contributed by atoms with E-state index in [4.69, 9.17) is 26.9 Å². The molecule has 1 aromatic carbocycles. The van der Waals surface area contributed by atoms with Gasteiger partial charge >= 0.3 is 0 Å². The van der Waals surface area contributed by atoms with E-state index < -0.39 is 6.69 Å². The average molecular weight is 275 g/mol. The fourth-order valence-electron chi connectivity index (χ4n) is 1.30. The van der Waals surface area contributed by atoms with Crippen LogP contribution in [0.15, 0.2) is 30.8 Å². The number of benzene rings is 1. The van der Waals surface area contributed by atoms with Crippen molar-refractivity contribution in [2.45, 2.75) is 19.0 Å². The summed E-state index contributed by atoms with van der Waals surface area (Å²) in [4.78, 5) is 0. The first-order valence-corrected chi connectivity index (χ1v) is 9.97. The third kappa shape index (κ3) is 5.59. The molecular weight excluding hydrogens is 259 g/mol. The third-order valence-electron chi connectivity index (χ3n) is 2.12. The van der Waals surface area contributed by atoms with E-state index in [-0.39, 0.29) is 0 Å². The molecule has 0 saturated carbocycles. The molecule has 1 rings (SSSR count). The van der Waals surface area contributed by atoms with E-state index in [1.807, 2.05) is 30.8 Å². The lowest BCUT2D eigenvalue weighted by Gasteiger charge is -2.10. The average Bonchev–Trinajstić information content (AvgIpc) is 2.23. The Morgan fingerprint density at radius 2 is 2.19 bits per heavy atom. The fourth-order valence-corrected chi connectivity index (χ4v) is 2.87. The van der Waals surface area contributed by atoms with Crippen LogP contribution in [0.2, 0.25) is 12.6 Å². The van der Waals surface area contributed by atoms with Gasteiger partial charge in [-0.15, -0.1) is 22.2 Å². The molecule has 0 N–H and O–H groups in total. The van der Waals surface area contributed by atoms with Gasteiger partial charge in [-0.2, -0.15) is 0 Å². The molecule has 0 fully saturated rings. The molecule has 1 nitrogen and oxygen atoms in total. The van der Waals surface area contributed by atoms with Crippen LogP contribution < -0.4 is 4.74 Å². The van der Waals surface area contributed by atoms with Crippen molar-refractivity contribution in [1.82, 2.24) is 0 Å². The molecule has 0 amide bonds. The maximum absolute atomic E-state index is 6.00. The van der Waals surface area contributed by atoms with Crippen LogP contribution in [0.5, 0.6) is 5.75 Å². The predicted molar refractivity (Wildman–Crippen MR) is 74.8 cm³/mol. The summed E-state index contributed by atoms with van der Waals surface area (Å²) < 4.78 is 5.60. The van der Waals surface area contributed by atoms with E-state index in [1.165, 1.54) is 0 Å². The van der Waals surface area contributed by atoms with Crippen molar-refractivity contribution in [1.29, 1.82) is 0 Å². The van der Waals surface area contributed by atoms with Gasteiger partial charge in [0.1, 0.15) is 5.75 Å². The van der Waals surface area contributed by atoms with Gasteiger partial charge < -0.3 is 4.74 Å². The van der Waals surface area contributed by atoms with Crippen molar-refractivity contribution in [3.63, 3.8) is 0 Å². The van der Waals surface area contributed by atoms with Gasteiger partial charge in [0.2, 0.25) is 6.69 Å². The smallest absolute Gasteiger partial charge is 0.248 e. The van der Waals surface area contributed by atoms with E-state index in [1.54, 1.807) is 6.08 Å². The Labute approximate surface area is 107 Å². The summed E-state index contributed by atoms with van der Waals surface area (Å²) in [5.41, 5.74) is 1.06. The Bertz CT molecular complexity index is 347. The standard InChI is InChI=1S/C12H16Cl2OSi/c1-3-11-6-4-7-12(10-11)15-8-5-9-16(2,13)14/h3-4,6-7,10H,1,5,8-9H2,2H3. The molecule has 0 aliphatic heterocycles. The predicted octanol–water partition coefficient (Wildman–Crippen LogP) is 4.65. The van der Waals surface area contributed by atoms with E-state index >= 15 is 0 Å². The van der Waals surface area contributed by atoms with Crippen LogP contribution in [-0.4, -0.2) is 13.3 Å². The van der Waals surface area contributed by atoms with Crippen molar-refractivity contribution >= 4 is 34.9 Å². The zero-order chi connectivity index (χ0) is 12.0. The number of rotatable bonds is 6. The molecular formula is C12H16Cl2OSi. The maximum Gasteiger partial charge on any atom is 0.248 e. The minimum Gasteiger partial charge on any atom is -0.494 e. The molecule has 0 atom stereocenters. The second-order valence-corrected chi connectivity index (χ2v) is 12.0. The van der Waals surface area contributed by atoms with E-state index in [0.29, 0.717) is 6.61 Å². The lowest BCUT2D eigenvalue weighted by Crippen LogP contribution is -2.13. The summed E-state index contributed by atoms with van der Waals surface area (Å²) >= 11 is 12.0. The molecule has 0 saturated heterocycles. The molecule has 0 aliphatic carbocycles. The van der Waals surface area contributed by atoms with Gasteiger partial charge in [0, 0.05) is 0 Å². The van der Waals surface area contributed by atoms with Gasteiger partial charge in [-0.3, -0.25) is 0 Å². The fraction of sp³-hybridized carbons (Fsp3) is 0.333. The van der Waals surface area contributed by atoms with Crippen molar-refractivity contribution in [2.24, 2.45) is 0 Å². The van der Waals surface area contributed by atoms with Crippen LogP contribution in [0.4, 0.5) is 0 Å². The van der Waals surface area contributed by atoms with Crippen LogP contribution in [0.1, 0.15) is 12.0 Å². The Kier molecular flexibility index (Phi) is 5.39. The highest BCUT2D eigenvalue weighted by Crippen LogP contribution is 2.22. The Morgan fingerprint density at radius 3 is 2.81 bits per heavy atom. The first-order valence-electron chi connectivity index (χ1n) is 5.24. The number of hydrogen-bond donors (Lipinski definition) is 0. The zero-order valence-electron chi connectivity index (χ0n) is 9.38. The van der Waals surface area contributed by atoms with Crippen LogP contribution in [-0.2, 0) is 0 Å². The van der Waals surface area contributed by atoms with Gasteiger partial charge in [-0.25, -0.2) is 0 Å². The SMILES string of the molecule is C=Cc1cccc(OCCC[Si](C)(Cl)Cl)c1. The van der Waals surface area contributed by atoms with Gasteiger partial charge in [-0.1, -0.05) is 24.8 Å². The monoisotopic (exact) mass is 274 g/mol. The maximum atomic E-state index is 6.00. The minimum atomic E-state index is -1.96. The van der Waals surface area contributed by atoms with Gasteiger partial charge in [-0.05, 0) is 36.7 Å². The third-order valence-corrected chi connectivity index (χ3v) is 4.49. The lowest BCUT2D eigenvalue weighted by atomic mass is 10.2. The molecule has 0 aliphatic rings. The van der Waals surface area contributed by atoms with E-state index in [0.717, 1.165) is 23.8 Å². The second-order valence-electron chi connectivity index (χ2n) is 3.80. The van der Waals surface area contributed by atoms with E-state index in [9.17, 15) is 0 Å². The largest absolute Gasteiger partial charge is 0.494 e. The normalized spacial score (nSPS) is 11.2. The van der Waals surface area contributed by atoms with Gasteiger partial charge in [0.15, 0.2) is 0 Å². The highest BCUT2D eigenvalue weighted by atomic mass is 35.7. The van der Waals surface area contributed by atoms with E-state index in [2.05, 4.69) is 6.58 Å². The summed E-state index contributed by atoms with van der Waals surface area (Å²) in [6.07, 6.45) is 2.70. The number of halogens is 2. The van der Waals surface area contributed by atoms with Crippen molar-refractivity contribution in [3.8, 4) is 5.75 Å². The molecule has 4 heteroatoms. The summed E-state index contributed by atoms with van der Waals surface area (Å²) in [6.45, 7) is 4.33. The lowest BCUT2D eigenvalue weighted by molar-refractivity contribution is 0.317. The number of hydrogen-bond acceptors (Lipinski definition) is 1. The Morgan fingerprint density at radius 1 is 1.44 bits per heavy atom. The first-order chi connectivity index (χ1) is 7.51. The Hall–Kier alpha value is -0.443. The van der Waals surface area contributed by atoms with Crippen molar-refractivity contribution in [3.05, 3.63) is 36.4 Å². The molecule has 0 bridgehead atoms. The highest BCUT2D eigenvalue weighted by molar-refractivity contribution is 7.44. The summed E-state index contributed by atoms with van der Waals surface area (Å²) in [5.74, 6) is 0.866. The minimum absolute atomic E-state index is 0.655. The first kappa shape index (κ1) is 13.6. The molecule has 0 spiro atoms. The topological polar surface area (TPSA) is 9.23 Å². The van der Waals surface area contributed by atoms with Crippen molar-refractivity contribution in [2.75, 3.05) is 6.61 Å². The zero-order valence-corrected chi connectivity index (χ0v) is 11.9. The molecule has 0 radical (unpaired) electrons. The highest BCUT2D eigenvalue weighted by Gasteiger charge is 2.19. The van der Waals surface area contributed by atoms with Gasteiger partial charge in [0.05, 0.1) is 6.61 Å². The number of ether oxygens (including phenoxy) is 1. The van der Waals surface area contributed by atoms with Crippen LogP contribution in [0, 0.1) is 0 Å². The van der Waals surface area contributed by atoms with Gasteiger partial charge in [0.25, 0.3) is 0 Å². The summed E-state index contributed by atoms with van der Waals surface area (Å²) in [5, 5.41) is 0. The molecule has 0 aromatic heterocycles. The van der Waals surface area contributed by atoms with Crippen LogP contribution in [0.3, 0.4) is 0 Å². The summed E-state index contributed by atoms with van der Waals surface area (Å²) in [7, 11) is 0. The summed E-state index contributed by atoms with van der Waals surface area (Å²) in [6, 6.07) is 8.70. The molecule has 88 valence electrons. The molecule has 16 heavy (non-hydrogen) atoms. The second kappa shape index (κ2) is 6.33. The van der Waals surface area contributed by atoms with Crippen LogP contribution in [0.25, 0.3) is 6.08 Å². The molecule has 0 heterocycles. The Balaban J connectivity index is 2.34. The molecule has 0 unspecified atom stereocenters.